The minimum absolute atomic E-state index is 0.243. The van der Waals surface area contributed by atoms with Gasteiger partial charge in [0.15, 0.2) is 6.20 Å². The van der Waals surface area contributed by atoms with Gasteiger partial charge in [-0.3, -0.25) is 0 Å². The summed E-state index contributed by atoms with van der Waals surface area (Å²) in [5.74, 6) is -0.243. The zero-order chi connectivity index (χ0) is 21.8. The highest BCUT2D eigenvalue weighted by molar-refractivity contribution is 6.13. The number of aryl methyl sites for hydroxylation is 4. The monoisotopic (exact) mass is 422 g/mol. The van der Waals surface area contributed by atoms with E-state index in [0.29, 0.717) is 11.0 Å². The molecule has 5 aromatic rings. The highest BCUT2D eigenvalue weighted by atomic mass is 19.1. The van der Waals surface area contributed by atoms with Gasteiger partial charge < -0.3 is 4.42 Å². The number of fused-ring (bicyclic) bond motifs is 4. The standard InChI is InChI=1S/C29H25FNO/c1-18-10-13-23-27-24(30)15-14-22(21-12-11-19-7-3-4-8-20(19)17-21)28(27)32-29(23)26(18)25-9-5-6-16-31(25)2/h5-6,9-17H,3-4,7-8H2,1-2H3/q+1. The fraction of sp³-hybridized carbons (Fsp3) is 0.207. The summed E-state index contributed by atoms with van der Waals surface area (Å²) in [6, 6.07) is 20.3. The van der Waals surface area contributed by atoms with Crippen LogP contribution in [0.1, 0.15) is 29.5 Å². The lowest BCUT2D eigenvalue weighted by Crippen LogP contribution is -2.30. The molecule has 0 atom stereocenters. The highest BCUT2D eigenvalue weighted by Gasteiger charge is 2.23. The van der Waals surface area contributed by atoms with Crippen LogP contribution in [0.3, 0.4) is 0 Å². The molecule has 0 unspecified atom stereocenters. The Morgan fingerprint density at radius 3 is 2.56 bits per heavy atom. The molecule has 2 aromatic heterocycles. The molecule has 0 amide bonds. The Morgan fingerprint density at radius 2 is 1.72 bits per heavy atom. The molecule has 0 fully saturated rings. The number of rotatable bonds is 2. The molecule has 158 valence electrons. The van der Waals surface area contributed by atoms with E-state index in [1.165, 1.54) is 24.0 Å². The van der Waals surface area contributed by atoms with Crippen molar-refractivity contribution in [2.24, 2.45) is 7.05 Å². The van der Waals surface area contributed by atoms with Crippen LogP contribution in [0.2, 0.25) is 0 Å². The second-order valence-electron chi connectivity index (χ2n) is 8.92. The zero-order valence-electron chi connectivity index (χ0n) is 18.4. The van der Waals surface area contributed by atoms with Crippen LogP contribution in [-0.4, -0.2) is 0 Å². The Balaban J connectivity index is 1.66. The van der Waals surface area contributed by atoms with Gasteiger partial charge >= 0.3 is 0 Å². The summed E-state index contributed by atoms with van der Waals surface area (Å²) in [5, 5.41) is 1.39. The zero-order valence-corrected chi connectivity index (χ0v) is 18.4. The molecular weight excluding hydrogens is 397 g/mol. The summed E-state index contributed by atoms with van der Waals surface area (Å²) in [6.45, 7) is 2.08. The van der Waals surface area contributed by atoms with E-state index in [-0.39, 0.29) is 5.82 Å². The van der Waals surface area contributed by atoms with Crippen LogP contribution in [-0.2, 0) is 19.9 Å². The molecule has 0 bridgehead atoms. The lowest BCUT2D eigenvalue weighted by molar-refractivity contribution is -0.660. The topological polar surface area (TPSA) is 17.0 Å². The number of benzene rings is 3. The fourth-order valence-corrected chi connectivity index (χ4v) is 5.23. The van der Waals surface area contributed by atoms with Gasteiger partial charge in [-0.2, -0.15) is 0 Å². The predicted octanol–water partition coefficient (Wildman–Crippen LogP) is 7.07. The van der Waals surface area contributed by atoms with Crippen LogP contribution in [0.25, 0.3) is 44.3 Å². The summed E-state index contributed by atoms with van der Waals surface area (Å²) >= 11 is 0. The van der Waals surface area contributed by atoms with Crippen molar-refractivity contribution < 1.29 is 13.4 Å². The first-order chi connectivity index (χ1) is 15.6. The minimum atomic E-state index is -0.243. The van der Waals surface area contributed by atoms with Gasteiger partial charge in [-0.05, 0) is 73.1 Å². The summed E-state index contributed by atoms with van der Waals surface area (Å²) in [5.41, 5.74) is 9.43. The normalized spacial score (nSPS) is 13.6. The number of furan rings is 1. The van der Waals surface area contributed by atoms with E-state index in [0.717, 1.165) is 51.8 Å². The van der Waals surface area contributed by atoms with Crippen molar-refractivity contribution in [1.82, 2.24) is 0 Å². The maximum absolute atomic E-state index is 15.2. The molecule has 1 aliphatic rings. The van der Waals surface area contributed by atoms with E-state index in [1.807, 2.05) is 37.5 Å². The van der Waals surface area contributed by atoms with Gasteiger partial charge in [-0.25, -0.2) is 8.96 Å². The van der Waals surface area contributed by atoms with Crippen LogP contribution in [0, 0.1) is 12.7 Å². The third-order valence-corrected chi connectivity index (χ3v) is 6.92. The summed E-state index contributed by atoms with van der Waals surface area (Å²) < 4.78 is 23.8. The first-order valence-electron chi connectivity index (χ1n) is 11.3. The number of aromatic nitrogens is 1. The number of nitrogens with zero attached hydrogens (tertiary/aromatic N) is 1. The van der Waals surface area contributed by atoms with Crippen molar-refractivity contribution in [2.45, 2.75) is 32.6 Å². The number of hydrogen-bond acceptors (Lipinski definition) is 1. The predicted molar refractivity (Wildman–Crippen MR) is 127 cm³/mol. The molecule has 0 aliphatic heterocycles. The lowest BCUT2D eigenvalue weighted by atomic mass is 9.89. The summed E-state index contributed by atoms with van der Waals surface area (Å²) in [6.07, 6.45) is 6.78. The van der Waals surface area contributed by atoms with E-state index in [4.69, 9.17) is 4.42 Å². The van der Waals surface area contributed by atoms with Gasteiger partial charge in [0.2, 0.25) is 5.69 Å². The molecule has 32 heavy (non-hydrogen) atoms. The van der Waals surface area contributed by atoms with E-state index in [9.17, 15) is 0 Å². The molecule has 1 aliphatic carbocycles. The van der Waals surface area contributed by atoms with Crippen LogP contribution < -0.4 is 4.57 Å². The third kappa shape index (κ3) is 2.88. The summed E-state index contributed by atoms with van der Waals surface area (Å²) in [4.78, 5) is 0. The fourth-order valence-electron chi connectivity index (χ4n) is 5.23. The molecule has 3 aromatic carbocycles. The number of halogens is 1. The molecule has 0 spiro atoms. The Kier molecular flexibility index (Phi) is 4.39. The van der Waals surface area contributed by atoms with Gasteiger partial charge in [0.05, 0.1) is 10.9 Å². The second-order valence-corrected chi connectivity index (χ2v) is 8.92. The van der Waals surface area contributed by atoms with E-state index in [1.54, 1.807) is 6.07 Å². The van der Waals surface area contributed by atoms with E-state index < -0.39 is 0 Å². The van der Waals surface area contributed by atoms with Crippen molar-refractivity contribution in [3.63, 3.8) is 0 Å². The minimum Gasteiger partial charge on any atom is -0.454 e. The van der Waals surface area contributed by atoms with E-state index >= 15 is 4.39 Å². The quantitative estimate of drug-likeness (QED) is 0.278. The Morgan fingerprint density at radius 1 is 0.875 bits per heavy atom. The molecule has 2 heterocycles. The lowest BCUT2D eigenvalue weighted by Gasteiger charge is -2.16. The van der Waals surface area contributed by atoms with Gasteiger partial charge in [-0.1, -0.05) is 30.3 Å². The van der Waals surface area contributed by atoms with Gasteiger partial charge in [0, 0.05) is 23.1 Å². The number of hydrogen-bond donors (Lipinski definition) is 0. The van der Waals surface area contributed by atoms with Gasteiger partial charge in [0.1, 0.15) is 24.0 Å². The molecule has 0 N–H and O–H groups in total. The SMILES string of the molecule is Cc1ccc2c(oc3c(-c4ccc5c(c4)CCCC5)ccc(F)c32)c1-c1cccc[n+]1C. The van der Waals surface area contributed by atoms with E-state index in [2.05, 4.69) is 41.8 Å². The first-order valence-corrected chi connectivity index (χ1v) is 11.3. The molecule has 2 nitrogen and oxygen atoms in total. The van der Waals surface area contributed by atoms with Crippen molar-refractivity contribution in [1.29, 1.82) is 0 Å². The summed E-state index contributed by atoms with van der Waals surface area (Å²) in [7, 11) is 2.02. The molecule has 3 heteroatoms. The van der Waals surface area contributed by atoms with Crippen molar-refractivity contribution in [3.05, 3.63) is 89.4 Å². The average molecular weight is 423 g/mol. The van der Waals surface area contributed by atoms with Crippen molar-refractivity contribution in [2.75, 3.05) is 0 Å². The van der Waals surface area contributed by atoms with Crippen LogP contribution in [0.15, 0.2) is 71.3 Å². The molecule has 0 radical (unpaired) electrons. The smallest absolute Gasteiger partial charge is 0.216 e. The molecule has 6 rings (SSSR count). The highest BCUT2D eigenvalue weighted by Crippen LogP contribution is 2.42. The third-order valence-electron chi connectivity index (χ3n) is 6.92. The Bertz CT molecular complexity index is 1510. The van der Waals surface area contributed by atoms with Crippen molar-refractivity contribution in [3.8, 4) is 22.4 Å². The van der Waals surface area contributed by atoms with Crippen LogP contribution in [0.4, 0.5) is 4.39 Å². The maximum atomic E-state index is 15.2. The van der Waals surface area contributed by atoms with Crippen LogP contribution >= 0.6 is 0 Å². The Labute approximate surface area is 186 Å². The van der Waals surface area contributed by atoms with Crippen LogP contribution in [0.5, 0.6) is 0 Å². The first kappa shape index (κ1) is 19.2. The number of pyridine rings is 1. The average Bonchev–Trinajstić information content (AvgIpc) is 3.20. The largest absolute Gasteiger partial charge is 0.454 e. The molecule has 0 saturated heterocycles. The maximum Gasteiger partial charge on any atom is 0.216 e. The van der Waals surface area contributed by atoms with Gasteiger partial charge in [-0.15, -0.1) is 0 Å². The second kappa shape index (κ2) is 7.30. The Hall–Kier alpha value is -3.46. The van der Waals surface area contributed by atoms with Crippen molar-refractivity contribution >= 4 is 21.9 Å². The molecular formula is C29H25FNO+. The van der Waals surface area contributed by atoms with Gasteiger partial charge in [0.25, 0.3) is 0 Å². The molecule has 0 saturated carbocycles.